The molecule has 0 atom stereocenters. The molecule has 1 rings (SSSR count). The molecule has 96 valence electrons. The van der Waals surface area contributed by atoms with Gasteiger partial charge in [-0.3, -0.25) is 0 Å². The van der Waals surface area contributed by atoms with Crippen LogP contribution in [0.1, 0.15) is 32.6 Å². The maximum atomic E-state index is 5.32. The molecule has 0 unspecified atom stereocenters. The van der Waals surface area contributed by atoms with Crippen molar-refractivity contribution in [2.24, 2.45) is 0 Å². The van der Waals surface area contributed by atoms with E-state index in [1.54, 1.807) is 14.2 Å². The van der Waals surface area contributed by atoms with Gasteiger partial charge in [-0.15, -0.1) is 0 Å². The summed E-state index contributed by atoms with van der Waals surface area (Å²) in [5.41, 5.74) is 1.03. The van der Waals surface area contributed by atoms with Gasteiger partial charge in [-0.25, -0.2) is 0 Å². The maximum Gasteiger partial charge on any atom is 0.145 e. The molecule has 0 aliphatic heterocycles. The first kappa shape index (κ1) is 13.7. The van der Waals surface area contributed by atoms with Crippen LogP contribution in [0.3, 0.4) is 0 Å². The van der Waals surface area contributed by atoms with Crippen LogP contribution in [-0.4, -0.2) is 20.8 Å². The minimum absolute atomic E-state index is 0.818. The lowest BCUT2D eigenvalue weighted by Gasteiger charge is -2.12. The first-order chi connectivity index (χ1) is 8.31. The van der Waals surface area contributed by atoms with Crippen molar-refractivity contribution in [1.82, 2.24) is 0 Å². The Hall–Kier alpha value is -1.38. The zero-order chi connectivity index (χ0) is 12.5. The zero-order valence-electron chi connectivity index (χ0n) is 11.1. The molecule has 0 spiro atoms. The summed E-state index contributed by atoms with van der Waals surface area (Å²) < 4.78 is 10.5. The number of methoxy groups -OCH3 is 2. The van der Waals surface area contributed by atoms with Crippen LogP contribution in [0.5, 0.6) is 11.5 Å². The molecule has 1 aromatic carbocycles. The predicted octanol–water partition coefficient (Wildman–Crippen LogP) is 3.70. The third kappa shape index (κ3) is 4.55. The summed E-state index contributed by atoms with van der Waals surface area (Å²) in [4.78, 5) is 0. The summed E-state index contributed by atoms with van der Waals surface area (Å²) in [6, 6.07) is 5.84. The van der Waals surface area contributed by atoms with Crippen molar-refractivity contribution in [2.45, 2.75) is 32.6 Å². The minimum atomic E-state index is 0.818. The van der Waals surface area contributed by atoms with Gasteiger partial charge in [0.15, 0.2) is 0 Å². The molecule has 0 amide bonds. The molecule has 17 heavy (non-hydrogen) atoms. The summed E-state index contributed by atoms with van der Waals surface area (Å²) in [6.45, 7) is 3.21. The average Bonchev–Trinajstić information content (AvgIpc) is 2.38. The van der Waals surface area contributed by atoms with Crippen molar-refractivity contribution in [3.8, 4) is 11.5 Å². The fourth-order valence-electron chi connectivity index (χ4n) is 1.72. The highest BCUT2D eigenvalue weighted by molar-refractivity contribution is 5.59. The van der Waals surface area contributed by atoms with Crippen molar-refractivity contribution < 1.29 is 9.47 Å². The third-order valence-electron chi connectivity index (χ3n) is 2.75. The molecule has 0 aliphatic rings. The Bertz CT molecular complexity index is 326. The highest BCUT2D eigenvalue weighted by atomic mass is 16.5. The second-order valence-corrected chi connectivity index (χ2v) is 4.05. The molecule has 0 aromatic heterocycles. The van der Waals surface area contributed by atoms with E-state index >= 15 is 0 Å². The van der Waals surface area contributed by atoms with Crippen molar-refractivity contribution in [1.29, 1.82) is 0 Å². The molecule has 0 aliphatic carbocycles. The lowest BCUT2D eigenvalue weighted by atomic mass is 10.2. The molecular formula is C14H23NO2. The van der Waals surface area contributed by atoms with E-state index in [1.165, 1.54) is 25.7 Å². The van der Waals surface area contributed by atoms with E-state index in [-0.39, 0.29) is 0 Å². The largest absolute Gasteiger partial charge is 0.497 e. The molecule has 0 fully saturated rings. The van der Waals surface area contributed by atoms with Crippen molar-refractivity contribution in [3.63, 3.8) is 0 Å². The lowest BCUT2D eigenvalue weighted by Crippen LogP contribution is -2.03. The molecule has 0 saturated heterocycles. The zero-order valence-corrected chi connectivity index (χ0v) is 11.1. The van der Waals surface area contributed by atoms with E-state index < -0.39 is 0 Å². The number of nitrogens with one attached hydrogen (secondary N) is 1. The van der Waals surface area contributed by atoms with Crippen LogP contribution in [0.4, 0.5) is 5.69 Å². The van der Waals surface area contributed by atoms with Gasteiger partial charge in [0, 0.05) is 12.6 Å². The van der Waals surface area contributed by atoms with Gasteiger partial charge in [0.25, 0.3) is 0 Å². The predicted molar refractivity (Wildman–Crippen MR) is 72.2 cm³/mol. The lowest BCUT2D eigenvalue weighted by molar-refractivity contribution is 0.395. The Labute approximate surface area is 104 Å². The van der Waals surface area contributed by atoms with Crippen LogP contribution in [0.25, 0.3) is 0 Å². The van der Waals surface area contributed by atoms with Gasteiger partial charge in [0.2, 0.25) is 0 Å². The SMILES string of the molecule is CCCCCCNc1ccc(OC)cc1OC. The molecule has 3 nitrogen and oxygen atoms in total. The van der Waals surface area contributed by atoms with Gasteiger partial charge in [0.1, 0.15) is 11.5 Å². The fraction of sp³-hybridized carbons (Fsp3) is 0.571. The molecule has 0 saturated carbocycles. The van der Waals surface area contributed by atoms with Crippen molar-refractivity contribution >= 4 is 5.69 Å². The number of benzene rings is 1. The van der Waals surface area contributed by atoms with Gasteiger partial charge in [-0.2, -0.15) is 0 Å². The number of unbranched alkanes of at least 4 members (excludes halogenated alkanes) is 3. The van der Waals surface area contributed by atoms with Crippen LogP contribution >= 0.6 is 0 Å². The Kier molecular flexibility index (Phi) is 6.30. The van der Waals surface area contributed by atoms with E-state index in [9.17, 15) is 0 Å². The van der Waals surface area contributed by atoms with Crippen LogP contribution in [0.15, 0.2) is 18.2 Å². The van der Waals surface area contributed by atoms with Crippen molar-refractivity contribution in [2.75, 3.05) is 26.1 Å². The first-order valence-electron chi connectivity index (χ1n) is 6.27. The Morgan fingerprint density at radius 2 is 1.88 bits per heavy atom. The number of hydrogen-bond acceptors (Lipinski definition) is 3. The van der Waals surface area contributed by atoms with E-state index in [4.69, 9.17) is 9.47 Å². The first-order valence-corrected chi connectivity index (χ1v) is 6.27. The minimum Gasteiger partial charge on any atom is -0.497 e. The molecule has 1 aromatic rings. The number of rotatable bonds is 8. The van der Waals surface area contributed by atoms with Crippen LogP contribution < -0.4 is 14.8 Å². The molecule has 1 N–H and O–H groups in total. The number of hydrogen-bond donors (Lipinski definition) is 1. The summed E-state index contributed by atoms with van der Waals surface area (Å²) in [7, 11) is 3.34. The quantitative estimate of drug-likeness (QED) is 0.699. The van der Waals surface area contributed by atoms with Crippen LogP contribution in [0.2, 0.25) is 0 Å². The summed E-state index contributed by atoms with van der Waals surface area (Å²) in [6.07, 6.45) is 5.05. The number of anilines is 1. The topological polar surface area (TPSA) is 30.5 Å². The Balaban J connectivity index is 2.46. The molecule has 0 radical (unpaired) electrons. The second kappa shape index (κ2) is 7.82. The van der Waals surface area contributed by atoms with Gasteiger partial charge >= 0.3 is 0 Å². The Morgan fingerprint density at radius 1 is 1.06 bits per heavy atom. The highest BCUT2D eigenvalue weighted by Crippen LogP contribution is 2.28. The molecule has 3 heteroatoms. The normalized spacial score (nSPS) is 10.1. The fourth-order valence-corrected chi connectivity index (χ4v) is 1.72. The summed E-state index contributed by atoms with van der Waals surface area (Å²) in [5, 5.41) is 3.39. The Morgan fingerprint density at radius 3 is 2.53 bits per heavy atom. The number of ether oxygens (including phenoxy) is 2. The van der Waals surface area contributed by atoms with Gasteiger partial charge in [0.05, 0.1) is 19.9 Å². The van der Waals surface area contributed by atoms with E-state index in [0.717, 1.165) is 23.7 Å². The average molecular weight is 237 g/mol. The third-order valence-corrected chi connectivity index (χ3v) is 2.75. The maximum absolute atomic E-state index is 5.32. The molecular weight excluding hydrogens is 214 g/mol. The second-order valence-electron chi connectivity index (χ2n) is 4.05. The van der Waals surface area contributed by atoms with E-state index in [1.807, 2.05) is 18.2 Å². The van der Waals surface area contributed by atoms with Gasteiger partial charge < -0.3 is 14.8 Å². The molecule has 0 heterocycles. The van der Waals surface area contributed by atoms with Gasteiger partial charge in [-0.1, -0.05) is 26.2 Å². The van der Waals surface area contributed by atoms with Crippen molar-refractivity contribution in [3.05, 3.63) is 18.2 Å². The van der Waals surface area contributed by atoms with Crippen LogP contribution in [0, 0.1) is 0 Å². The smallest absolute Gasteiger partial charge is 0.145 e. The van der Waals surface area contributed by atoms with Gasteiger partial charge in [-0.05, 0) is 18.6 Å². The highest BCUT2D eigenvalue weighted by Gasteiger charge is 2.03. The summed E-state index contributed by atoms with van der Waals surface area (Å²) >= 11 is 0. The monoisotopic (exact) mass is 237 g/mol. The molecule has 0 bridgehead atoms. The standard InChI is InChI=1S/C14H23NO2/c1-4-5-6-7-10-15-13-9-8-12(16-2)11-14(13)17-3/h8-9,11,15H,4-7,10H2,1-3H3. The van der Waals surface area contributed by atoms with E-state index in [0.29, 0.717) is 0 Å². The van der Waals surface area contributed by atoms with E-state index in [2.05, 4.69) is 12.2 Å². The summed E-state index contributed by atoms with van der Waals surface area (Å²) in [5.74, 6) is 1.65. The van der Waals surface area contributed by atoms with Crippen LogP contribution in [-0.2, 0) is 0 Å².